The first-order valence-electron chi connectivity index (χ1n) is 7.86. The van der Waals surface area contributed by atoms with Gasteiger partial charge in [0.25, 0.3) is 11.5 Å². The average molecular weight is 370 g/mol. The molecule has 0 aliphatic heterocycles. The van der Waals surface area contributed by atoms with Crippen LogP contribution < -0.4 is 10.9 Å². The van der Waals surface area contributed by atoms with Gasteiger partial charge in [0.2, 0.25) is 0 Å². The molecular formula is C19H16ClN3O3. The van der Waals surface area contributed by atoms with Crippen molar-refractivity contribution in [2.24, 2.45) is 0 Å². The van der Waals surface area contributed by atoms with Crippen LogP contribution in [0.15, 0.2) is 59.5 Å². The van der Waals surface area contributed by atoms with Crippen molar-refractivity contribution in [3.8, 4) is 5.75 Å². The Kier molecular flexibility index (Phi) is 5.04. The Bertz CT molecular complexity index is 1020. The number of aromatic hydroxyl groups is 1. The molecule has 132 valence electrons. The average Bonchev–Trinajstić information content (AvgIpc) is 2.59. The van der Waals surface area contributed by atoms with Crippen molar-refractivity contribution in [3.63, 3.8) is 0 Å². The van der Waals surface area contributed by atoms with Gasteiger partial charge in [-0.3, -0.25) is 14.6 Å². The third-order valence-electron chi connectivity index (χ3n) is 3.84. The maximum absolute atomic E-state index is 12.8. The number of benzene rings is 1. The number of aromatic nitrogens is 2. The quantitative estimate of drug-likeness (QED) is 0.739. The molecule has 3 aromatic rings. The van der Waals surface area contributed by atoms with E-state index in [-0.39, 0.29) is 17.9 Å². The van der Waals surface area contributed by atoms with Crippen molar-refractivity contribution >= 4 is 23.2 Å². The molecule has 2 N–H and O–H groups in total. The number of amides is 1. The maximum atomic E-state index is 12.8. The van der Waals surface area contributed by atoms with Crippen molar-refractivity contribution in [1.29, 1.82) is 0 Å². The molecule has 0 atom stereocenters. The van der Waals surface area contributed by atoms with Crippen LogP contribution in [0.2, 0.25) is 5.02 Å². The summed E-state index contributed by atoms with van der Waals surface area (Å²) < 4.78 is 1.40. The molecular weight excluding hydrogens is 354 g/mol. The summed E-state index contributed by atoms with van der Waals surface area (Å²) in [5.74, 6) is -1.08. The van der Waals surface area contributed by atoms with Gasteiger partial charge < -0.3 is 15.0 Å². The molecule has 0 aliphatic rings. The second-order valence-corrected chi connectivity index (χ2v) is 6.16. The Morgan fingerprint density at radius 3 is 2.73 bits per heavy atom. The van der Waals surface area contributed by atoms with Gasteiger partial charge in [-0.1, -0.05) is 23.7 Å². The summed E-state index contributed by atoms with van der Waals surface area (Å²) in [6, 6.07) is 13.3. The summed E-state index contributed by atoms with van der Waals surface area (Å²) in [5.41, 5.74) is 0.708. The fraction of sp³-hybridized carbons (Fsp3) is 0.105. The lowest BCUT2D eigenvalue weighted by Crippen LogP contribution is -2.31. The molecule has 2 aromatic heterocycles. The molecule has 0 saturated heterocycles. The van der Waals surface area contributed by atoms with Crippen molar-refractivity contribution in [3.05, 3.63) is 87.1 Å². The van der Waals surface area contributed by atoms with Gasteiger partial charge in [-0.25, -0.2) is 0 Å². The number of carbonyl (C=O) groups is 1. The Morgan fingerprint density at radius 2 is 2.04 bits per heavy atom. The molecule has 1 amide bonds. The molecule has 26 heavy (non-hydrogen) atoms. The summed E-state index contributed by atoms with van der Waals surface area (Å²) in [7, 11) is 0. The minimum atomic E-state index is -0.704. The highest BCUT2D eigenvalue weighted by Crippen LogP contribution is 2.19. The van der Waals surface area contributed by atoms with E-state index in [0.29, 0.717) is 22.1 Å². The number of carbonyl (C=O) groups excluding carboxylic acids is 1. The van der Waals surface area contributed by atoms with E-state index in [9.17, 15) is 14.7 Å². The molecule has 7 heteroatoms. The smallest absolute Gasteiger partial charge is 0.267 e. The van der Waals surface area contributed by atoms with E-state index in [1.807, 2.05) is 6.07 Å². The maximum Gasteiger partial charge on any atom is 0.267 e. The third-order valence-corrected chi connectivity index (χ3v) is 4.08. The first-order valence-corrected chi connectivity index (χ1v) is 8.23. The summed E-state index contributed by atoms with van der Waals surface area (Å²) in [5, 5.41) is 13.2. The second kappa shape index (κ2) is 7.41. The lowest BCUT2D eigenvalue weighted by Gasteiger charge is -2.13. The van der Waals surface area contributed by atoms with Gasteiger partial charge in [0, 0.05) is 28.7 Å². The van der Waals surface area contributed by atoms with Crippen LogP contribution >= 0.6 is 11.6 Å². The molecule has 0 fully saturated rings. The molecule has 6 nitrogen and oxygen atoms in total. The van der Waals surface area contributed by atoms with Gasteiger partial charge in [-0.05, 0) is 37.3 Å². The topological polar surface area (TPSA) is 84.2 Å². The van der Waals surface area contributed by atoms with Crippen LogP contribution in [-0.2, 0) is 6.54 Å². The van der Waals surface area contributed by atoms with Crippen LogP contribution in [-0.4, -0.2) is 20.6 Å². The van der Waals surface area contributed by atoms with Gasteiger partial charge in [-0.15, -0.1) is 0 Å². The molecule has 0 radical (unpaired) electrons. The van der Waals surface area contributed by atoms with Gasteiger partial charge >= 0.3 is 0 Å². The summed E-state index contributed by atoms with van der Waals surface area (Å²) in [4.78, 5) is 29.5. The fourth-order valence-electron chi connectivity index (χ4n) is 2.58. The van der Waals surface area contributed by atoms with E-state index in [0.717, 1.165) is 0 Å². The number of rotatable bonds is 4. The fourth-order valence-corrected chi connectivity index (χ4v) is 2.77. The number of anilines is 1. The van der Waals surface area contributed by atoms with Crippen LogP contribution in [0.1, 0.15) is 21.7 Å². The van der Waals surface area contributed by atoms with Gasteiger partial charge in [-0.2, -0.15) is 0 Å². The Hall–Kier alpha value is -3.12. The van der Waals surface area contributed by atoms with Crippen LogP contribution in [0, 0.1) is 6.92 Å². The summed E-state index contributed by atoms with van der Waals surface area (Å²) in [6.45, 7) is 1.88. The molecule has 2 heterocycles. The largest absolute Gasteiger partial charge is 0.507 e. The Balaban J connectivity index is 1.98. The predicted molar refractivity (Wildman–Crippen MR) is 99.8 cm³/mol. The van der Waals surface area contributed by atoms with E-state index in [2.05, 4.69) is 10.3 Å². The van der Waals surface area contributed by atoms with Crippen LogP contribution in [0.25, 0.3) is 0 Å². The number of nitrogens with one attached hydrogen (secondary N) is 1. The standard InChI is InChI=1S/C19H16ClN3O3/c1-12-9-16(24)17(18(25)22-14-7-4-5-13(20)10-14)19(26)23(12)11-15-6-2-3-8-21-15/h2-10,24H,11H2,1H3,(H,22,25). The number of pyridine rings is 2. The Morgan fingerprint density at radius 1 is 1.23 bits per heavy atom. The van der Waals surface area contributed by atoms with E-state index in [1.165, 1.54) is 10.6 Å². The number of hydrogen-bond donors (Lipinski definition) is 2. The van der Waals surface area contributed by atoms with E-state index < -0.39 is 11.5 Å². The molecule has 0 unspecified atom stereocenters. The summed E-state index contributed by atoms with van der Waals surface area (Å²) >= 11 is 5.90. The minimum Gasteiger partial charge on any atom is -0.507 e. The monoisotopic (exact) mass is 369 g/mol. The zero-order chi connectivity index (χ0) is 18.7. The molecule has 0 saturated carbocycles. The second-order valence-electron chi connectivity index (χ2n) is 5.72. The SMILES string of the molecule is Cc1cc(O)c(C(=O)Nc2cccc(Cl)c2)c(=O)n1Cc1ccccn1. The zero-order valence-electron chi connectivity index (χ0n) is 13.9. The van der Waals surface area contributed by atoms with E-state index in [4.69, 9.17) is 11.6 Å². The lowest BCUT2D eigenvalue weighted by molar-refractivity contribution is 0.102. The first-order chi connectivity index (χ1) is 12.5. The van der Waals surface area contributed by atoms with E-state index >= 15 is 0 Å². The van der Waals surface area contributed by atoms with Crippen molar-refractivity contribution in [1.82, 2.24) is 9.55 Å². The summed E-state index contributed by atoms with van der Waals surface area (Å²) in [6.07, 6.45) is 1.63. The van der Waals surface area contributed by atoms with Gasteiger partial charge in [0.05, 0.1) is 12.2 Å². The molecule has 0 bridgehead atoms. The molecule has 0 aliphatic carbocycles. The van der Waals surface area contributed by atoms with Crippen molar-refractivity contribution in [2.45, 2.75) is 13.5 Å². The lowest BCUT2D eigenvalue weighted by atomic mass is 10.2. The highest BCUT2D eigenvalue weighted by Gasteiger charge is 2.20. The highest BCUT2D eigenvalue weighted by molar-refractivity contribution is 6.31. The third kappa shape index (κ3) is 3.75. The van der Waals surface area contributed by atoms with E-state index in [1.54, 1.807) is 49.5 Å². The van der Waals surface area contributed by atoms with Crippen LogP contribution in [0.5, 0.6) is 5.75 Å². The predicted octanol–water partition coefficient (Wildman–Crippen LogP) is 3.21. The number of aryl methyl sites for hydroxylation is 1. The number of hydrogen-bond acceptors (Lipinski definition) is 4. The van der Waals surface area contributed by atoms with Gasteiger partial charge in [0.15, 0.2) is 0 Å². The molecule has 1 aromatic carbocycles. The van der Waals surface area contributed by atoms with Crippen molar-refractivity contribution < 1.29 is 9.90 Å². The Labute approximate surface area is 154 Å². The first kappa shape index (κ1) is 17.7. The zero-order valence-corrected chi connectivity index (χ0v) is 14.7. The van der Waals surface area contributed by atoms with Crippen LogP contribution in [0.3, 0.4) is 0 Å². The number of halogens is 1. The van der Waals surface area contributed by atoms with Crippen molar-refractivity contribution in [2.75, 3.05) is 5.32 Å². The number of nitrogens with zero attached hydrogens (tertiary/aromatic N) is 2. The normalized spacial score (nSPS) is 10.5. The van der Waals surface area contributed by atoms with Gasteiger partial charge in [0.1, 0.15) is 11.3 Å². The molecule has 3 rings (SSSR count). The molecule has 0 spiro atoms. The minimum absolute atomic E-state index is 0.198. The van der Waals surface area contributed by atoms with Crippen LogP contribution in [0.4, 0.5) is 5.69 Å². The highest BCUT2D eigenvalue weighted by atomic mass is 35.5.